The summed E-state index contributed by atoms with van der Waals surface area (Å²) in [5.41, 5.74) is -0.695. The minimum atomic E-state index is -0.999. The molecule has 2 rings (SSSR count). The Bertz CT molecular complexity index is 680. The third kappa shape index (κ3) is 2.71. The number of carbonyl (C=O) groups excluding carboxylic acids is 1. The Balaban J connectivity index is 2.36. The van der Waals surface area contributed by atoms with Crippen LogP contribution in [-0.2, 0) is 6.42 Å². The summed E-state index contributed by atoms with van der Waals surface area (Å²) in [7, 11) is 0. The van der Waals surface area contributed by atoms with Crippen molar-refractivity contribution < 1.29 is 22.4 Å². The summed E-state index contributed by atoms with van der Waals surface area (Å²) in [6, 6.07) is 4.86. The first-order valence-electron chi connectivity index (χ1n) is 5.82. The van der Waals surface area contributed by atoms with E-state index in [4.69, 9.17) is 0 Å². The van der Waals surface area contributed by atoms with Crippen LogP contribution in [0.5, 0.6) is 0 Å². The lowest BCUT2D eigenvalue weighted by Gasteiger charge is -2.07. The van der Waals surface area contributed by atoms with Crippen LogP contribution in [0.3, 0.4) is 0 Å². The maximum atomic E-state index is 13.8. The van der Waals surface area contributed by atoms with E-state index in [-0.39, 0.29) is 11.1 Å². The van der Waals surface area contributed by atoms with Gasteiger partial charge < -0.3 is 0 Å². The number of halogens is 4. The minimum Gasteiger partial charge on any atom is -0.294 e. The molecule has 1 nitrogen and oxygen atoms in total. The van der Waals surface area contributed by atoms with E-state index in [2.05, 4.69) is 0 Å². The lowest BCUT2D eigenvalue weighted by Crippen LogP contribution is -2.11. The van der Waals surface area contributed by atoms with Crippen molar-refractivity contribution >= 4 is 5.78 Å². The fourth-order valence-electron chi connectivity index (χ4n) is 1.84. The standard InChI is InChI=1S/C15H10F4O/c1-8-2-5-11(17)14(15(8)19)13(20)6-9-3-4-10(16)7-12(9)18/h2-5,7H,6H2,1H3. The Labute approximate surface area is 112 Å². The van der Waals surface area contributed by atoms with Crippen LogP contribution in [0.25, 0.3) is 0 Å². The number of carbonyl (C=O) groups is 1. The Morgan fingerprint density at radius 3 is 2.35 bits per heavy atom. The maximum absolute atomic E-state index is 13.8. The number of hydrogen-bond donors (Lipinski definition) is 0. The average molecular weight is 282 g/mol. The summed E-state index contributed by atoms with van der Waals surface area (Å²) in [5, 5.41) is 0. The van der Waals surface area contributed by atoms with E-state index in [1.165, 1.54) is 13.0 Å². The highest BCUT2D eigenvalue weighted by atomic mass is 19.1. The van der Waals surface area contributed by atoms with Crippen molar-refractivity contribution in [2.24, 2.45) is 0 Å². The normalized spacial score (nSPS) is 10.7. The van der Waals surface area contributed by atoms with E-state index in [1.807, 2.05) is 0 Å². The van der Waals surface area contributed by atoms with Crippen LogP contribution in [-0.4, -0.2) is 5.78 Å². The molecule has 0 aromatic heterocycles. The summed E-state index contributed by atoms with van der Waals surface area (Å²) in [4.78, 5) is 11.9. The van der Waals surface area contributed by atoms with Crippen molar-refractivity contribution in [2.45, 2.75) is 13.3 Å². The first-order chi connectivity index (χ1) is 9.40. The molecule has 5 heteroatoms. The van der Waals surface area contributed by atoms with Gasteiger partial charge in [-0.3, -0.25) is 4.79 Å². The number of benzene rings is 2. The summed E-state index contributed by atoms with van der Waals surface area (Å²) in [6.07, 6.45) is -0.538. The fourth-order valence-corrected chi connectivity index (χ4v) is 1.84. The molecule has 0 spiro atoms. The first kappa shape index (κ1) is 14.2. The molecule has 104 valence electrons. The van der Waals surface area contributed by atoms with Crippen LogP contribution in [0.15, 0.2) is 30.3 Å². The monoisotopic (exact) mass is 282 g/mol. The van der Waals surface area contributed by atoms with Gasteiger partial charge in [-0.25, -0.2) is 17.6 Å². The highest BCUT2D eigenvalue weighted by Crippen LogP contribution is 2.20. The van der Waals surface area contributed by atoms with Crippen LogP contribution < -0.4 is 0 Å². The molecular formula is C15H10F4O. The molecule has 0 heterocycles. The lowest BCUT2D eigenvalue weighted by atomic mass is 10.00. The van der Waals surface area contributed by atoms with Gasteiger partial charge in [0.2, 0.25) is 0 Å². The number of aryl methyl sites for hydroxylation is 1. The SMILES string of the molecule is Cc1ccc(F)c(C(=O)Cc2ccc(F)cc2F)c1F. The zero-order chi connectivity index (χ0) is 14.9. The van der Waals surface area contributed by atoms with Gasteiger partial charge in [-0.1, -0.05) is 12.1 Å². The molecule has 0 bridgehead atoms. The van der Waals surface area contributed by atoms with Crippen molar-refractivity contribution in [2.75, 3.05) is 0 Å². The van der Waals surface area contributed by atoms with Gasteiger partial charge in [-0.05, 0) is 30.2 Å². The van der Waals surface area contributed by atoms with Gasteiger partial charge in [0.15, 0.2) is 5.78 Å². The van der Waals surface area contributed by atoms with Crippen molar-refractivity contribution in [3.8, 4) is 0 Å². The summed E-state index contributed by atoms with van der Waals surface area (Å²) in [5.74, 6) is -4.56. The second kappa shape index (κ2) is 5.45. The Morgan fingerprint density at radius 1 is 1.00 bits per heavy atom. The molecule has 0 amide bonds. The summed E-state index contributed by atoms with van der Waals surface area (Å²) < 4.78 is 53.5. The number of ketones is 1. The first-order valence-corrected chi connectivity index (χ1v) is 5.82. The molecule has 0 aliphatic rings. The second-order valence-corrected chi connectivity index (χ2v) is 4.39. The quantitative estimate of drug-likeness (QED) is 0.615. The van der Waals surface area contributed by atoms with E-state index in [0.29, 0.717) is 6.07 Å². The molecule has 2 aromatic carbocycles. The van der Waals surface area contributed by atoms with Crippen molar-refractivity contribution in [3.05, 3.63) is 70.3 Å². The zero-order valence-electron chi connectivity index (χ0n) is 10.5. The minimum absolute atomic E-state index is 0.114. The Kier molecular flexibility index (Phi) is 3.88. The largest absolute Gasteiger partial charge is 0.294 e. The second-order valence-electron chi connectivity index (χ2n) is 4.39. The van der Waals surface area contributed by atoms with E-state index < -0.39 is 41.0 Å². The Morgan fingerprint density at radius 2 is 1.70 bits per heavy atom. The van der Waals surface area contributed by atoms with Crippen LogP contribution in [0.2, 0.25) is 0 Å². The van der Waals surface area contributed by atoms with Gasteiger partial charge in [-0.15, -0.1) is 0 Å². The van der Waals surface area contributed by atoms with E-state index >= 15 is 0 Å². The van der Waals surface area contributed by atoms with Crippen LogP contribution in [0.1, 0.15) is 21.5 Å². The summed E-state index contributed by atoms with van der Waals surface area (Å²) >= 11 is 0. The third-order valence-corrected chi connectivity index (χ3v) is 2.93. The lowest BCUT2D eigenvalue weighted by molar-refractivity contribution is 0.0983. The van der Waals surface area contributed by atoms with E-state index in [1.54, 1.807) is 0 Å². The molecule has 0 saturated carbocycles. The van der Waals surface area contributed by atoms with Gasteiger partial charge in [0.1, 0.15) is 23.3 Å². The maximum Gasteiger partial charge on any atom is 0.173 e. The molecule has 0 fully saturated rings. The van der Waals surface area contributed by atoms with Crippen LogP contribution >= 0.6 is 0 Å². The van der Waals surface area contributed by atoms with Gasteiger partial charge in [0.25, 0.3) is 0 Å². The molecule has 2 aromatic rings. The van der Waals surface area contributed by atoms with Gasteiger partial charge in [-0.2, -0.15) is 0 Å². The molecule has 0 saturated heterocycles. The molecular weight excluding hydrogens is 272 g/mol. The predicted molar refractivity (Wildman–Crippen MR) is 65.5 cm³/mol. The Hall–Kier alpha value is -2.17. The van der Waals surface area contributed by atoms with Crippen molar-refractivity contribution in [3.63, 3.8) is 0 Å². The molecule has 0 aliphatic heterocycles. The molecule has 0 atom stereocenters. The van der Waals surface area contributed by atoms with Crippen LogP contribution in [0, 0.1) is 30.2 Å². The van der Waals surface area contributed by atoms with E-state index in [0.717, 1.165) is 18.2 Å². The van der Waals surface area contributed by atoms with Crippen LogP contribution in [0.4, 0.5) is 17.6 Å². The molecule has 0 aliphatic carbocycles. The van der Waals surface area contributed by atoms with E-state index in [9.17, 15) is 22.4 Å². The third-order valence-electron chi connectivity index (χ3n) is 2.93. The number of Topliss-reactive ketones (excluding diaryl/α,β-unsaturated/α-hetero) is 1. The van der Waals surface area contributed by atoms with Crippen molar-refractivity contribution in [1.82, 2.24) is 0 Å². The highest BCUT2D eigenvalue weighted by Gasteiger charge is 2.20. The van der Waals surface area contributed by atoms with Gasteiger partial charge in [0.05, 0.1) is 5.56 Å². The smallest absolute Gasteiger partial charge is 0.173 e. The van der Waals surface area contributed by atoms with Crippen molar-refractivity contribution in [1.29, 1.82) is 0 Å². The van der Waals surface area contributed by atoms with Gasteiger partial charge in [0, 0.05) is 12.5 Å². The summed E-state index contributed by atoms with van der Waals surface area (Å²) in [6.45, 7) is 1.39. The predicted octanol–water partition coefficient (Wildman–Crippen LogP) is 3.98. The average Bonchev–Trinajstić information content (AvgIpc) is 2.38. The van der Waals surface area contributed by atoms with Gasteiger partial charge >= 0.3 is 0 Å². The topological polar surface area (TPSA) is 17.1 Å². The molecule has 0 N–H and O–H groups in total. The molecule has 0 unspecified atom stereocenters. The zero-order valence-corrected chi connectivity index (χ0v) is 10.5. The highest BCUT2D eigenvalue weighted by molar-refractivity contribution is 5.98. The molecule has 20 heavy (non-hydrogen) atoms. The molecule has 0 radical (unpaired) electrons. The fraction of sp³-hybridized carbons (Fsp3) is 0.133. The number of rotatable bonds is 3. The number of hydrogen-bond acceptors (Lipinski definition) is 1.